The lowest BCUT2D eigenvalue weighted by Crippen LogP contribution is -2.04. The first-order chi connectivity index (χ1) is 28.8. The summed E-state index contributed by atoms with van der Waals surface area (Å²) in [5, 5.41) is 7.44. The van der Waals surface area contributed by atoms with Crippen LogP contribution in [0.3, 0.4) is 0 Å². The monoisotopic (exact) mass is 739 g/mol. The first kappa shape index (κ1) is 31.4. The van der Waals surface area contributed by atoms with Crippen molar-refractivity contribution in [1.82, 2.24) is 13.7 Å². The molecule has 0 saturated carbocycles. The van der Waals surface area contributed by atoms with E-state index in [0.717, 1.165) is 45.2 Å². The Kier molecular flexibility index (Phi) is 6.41. The fraction of sp³-hybridized carbons (Fsp3) is 0. The van der Waals surface area contributed by atoms with Crippen LogP contribution in [0.25, 0.3) is 105 Å². The van der Waals surface area contributed by atoms with Crippen LogP contribution in [0.15, 0.2) is 200 Å². The van der Waals surface area contributed by atoms with Crippen LogP contribution in [0, 0.1) is 0 Å². The summed E-state index contributed by atoms with van der Waals surface area (Å²) < 4.78 is 13.7. The van der Waals surface area contributed by atoms with Crippen molar-refractivity contribution >= 4 is 65.4 Å². The number of nitrogens with zero attached hydrogens (tertiary/aromatic N) is 3. The average molecular weight is 740 g/mol. The number of para-hydroxylation sites is 5. The molecular weight excluding hydrogens is 707 g/mol. The minimum atomic E-state index is 0.863. The van der Waals surface area contributed by atoms with Crippen molar-refractivity contribution in [3.63, 3.8) is 0 Å². The van der Waals surface area contributed by atoms with E-state index in [4.69, 9.17) is 4.74 Å². The van der Waals surface area contributed by atoms with E-state index >= 15 is 0 Å². The number of fused-ring (bicyclic) bond motifs is 11. The van der Waals surface area contributed by atoms with E-state index in [1.54, 1.807) is 0 Å². The molecule has 0 unspecified atom stereocenters. The number of ether oxygens (including phenoxy) is 1. The predicted octanol–water partition coefficient (Wildman–Crippen LogP) is 14.4. The summed E-state index contributed by atoms with van der Waals surface area (Å²) in [6, 6.07) is 72.5. The summed E-state index contributed by atoms with van der Waals surface area (Å²) in [5.74, 6) is 1.75. The van der Waals surface area contributed by atoms with Gasteiger partial charge in [0.25, 0.3) is 0 Å². The van der Waals surface area contributed by atoms with Crippen molar-refractivity contribution < 1.29 is 4.74 Å². The number of rotatable bonds is 4. The molecular formula is C54H33N3O. The van der Waals surface area contributed by atoms with Crippen LogP contribution in [0.2, 0.25) is 0 Å². The van der Waals surface area contributed by atoms with Gasteiger partial charge in [0.1, 0.15) is 0 Å². The molecule has 4 heteroatoms. The molecule has 0 spiro atoms. The lowest BCUT2D eigenvalue weighted by Gasteiger charge is -2.22. The third kappa shape index (κ3) is 4.40. The van der Waals surface area contributed by atoms with E-state index < -0.39 is 0 Å². The van der Waals surface area contributed by atoms with Crippen LogP contribution in [-0.4, -0.2) is 13.7 Å². The van der Waals surface area contributed by atoms with Crippen molar-refractivity contribution in [2.24, 2.45) is 0 Å². The molecule has 0 fully saturated rings. The minimum absolute atomic E-state index is 0.863. The molecule has 1 aliphatic heterocycles. The Labute approximate surface area is 333 Å². The summed E-state index contributed by atoms with van der Waals surface area (Å²) in [6.45, 7) is 0. The molecule has 0 bridgehead atoms. The summed E-state index contributed by atoms with van der Waals surface area (Å²) in [7, 11) is 0. The summed E-state index contributed by atoms with van der Waals surface area (Å²) >= 11 is 0. The normalized spacial score (nSPS) is 12.3. The van der Waals surface area contributed by atoms with Crippen LogP contribution < -0.4 is 4.74 Å². The molecule has 0 atom stereocenters. The Hall–Kier alpha value is -7.82. The van der Waals surface area contributed by atoms with E-state index in [9.17, 15) is 0 Å². The molecule has 9 aromatic carbocycles. The van der Waals surface area contributed by atoms with Crippen molar-refractivity contribution in [3.05, 3.63) is 200 Å². The number of benzene rings is 9. The second-order valence-electron chi connectivity index (χ2n) is 15.3. The average Bonchev–Trinajstić information content (AvgIpc) is 3.93. The van der Waals surface area contributed by atoms with Gasteiger partial charge in [-0.15, -0.1) is 0 Å². The number of aromatic nitrogens is 3. The Morgan fingerprint density at radius 3 is 1.43 bits per heavy atom. The molecule has 0 radical (unpaired) electrons. The van der Waals surface area contributed by atoms with Gasteiger partial charge in [-0.3, -0.25) is 0 Å². The summed E-state index contributed by atoms with van der Waals surface area (Å²) in [6.07, 6.45) is 0. The van der Waals surface area contributed by atoms with E-state index in [-0.39, 0.29) is 0 Å². The molecule has 58 heavy (non-hydrogen) atoms. The first-order valence-corrected chi connectivity index (χ1v) is 19.8. The largest absolute Gasteiger partial charge is 0.453 e. The smallest absolute Gasteiger partial charge is 0.152 e. The van der Waals surface area contributed by atoms with Gasteiger partial charge in [0.05, 0.1) is 38.8 Å². The van der Waals surface area contributed by atoms with Crippen molar-refractivity contribution in [2.45, 2.75) is 0 Å². The maximum atomic E-state index is 6.51. The van der Waals surface area contributed by atoms with Gasteiger partial charge < -0.3 is 18.4 Å². The van der Waals surface area contributed by atoms with E-state index in [0.29, 0.717) is 0 Å². The highest BCUT2D eigenvalue weighted by molar-refractivity contribution is 6.13. The van der Waals surface area contributed by atoms with Gasteiger partial charge in [0.2, 0.25) is 0 Å². The van der Waals surface area contributed by atoms with Crippen LogP contribution in [0.5, 0.6) is 11.5 Å². The maximum absolute atomic E-state index is 6.51. The van der Waals surface area contributed by atoms with Gasteiger partial charge in [0.15, 0.2) is 11.5 Å². The van der Waals surface area contributed by atoms with Gasteiger partial charge in [-0.05, 0) is 101 Å². The Balaban J connectivity index is 0.923. The first-order valence-electron chi connectivity index (χ1n) is 19.8. The molecule has 12 aromatic rings. The maximum Gasteiger partial charge on any atom is 0.152 e. The van der Waals surface area contributed by atoms with Gasteiger partial charge in [-0.1, -0.05) is 121 Å². The molecule has 0 saturated heterocycles. The van der Waals surface area contributed by atoms with Crippen molar-refractivity contribution in [2.75, 3.05) is 0 Å². The second kappa shape index (κ2) is 11.8. The zero-order valence-electron chi connectivity index (χ0n) is 31.3. The highest BCUT2D eigenvalue weighted by atomic mass is 16.5. The summed E-state index contributed by atoms with van der Waals surface area (Å²) in [4.78, 5) is 0. The van der Waals surface area contributed by atoms with Crippen molar-refractivity contribution in [3.8, 4) is 50.8 Å². The highest BCUT2D eigenvalue weighted by Gasteiger charge is 2.24. The van der Waals surface area contributed by atoms with Crippen LogP contribution in [0.4, 0.5) is 0 Å². The Morgan fingerprint density at radius 2 is 0.759 bits per heavy atom. The topological polar surface area (TPSA) is 24.0 Å². The van der Waals surface area contributed by atoms with Crippen LogP contribution >= 0.6 is 0 Å². The molecule has 0 aliphatic carbocycles. The fourth-order valence-electron chi connectivity index (χ4n) is 9.68. The molecule has 270 valence electrons. The lowest BCUT2D eigenvalue weighted by atomic mass is 9.98. The lowest BCUT2D eigenvalue weighted by molar-refractivity contribution is 0.476. The SMILES string of the molecule is c1cc(-c2cccc(-n3c4ccccc4c4cc(-n5c6ccccc6c6ccccc65)ccc43)c2)cc(-c2ccc3c(c2)-n2c4ccccc4c4cccc(c42)O3)c1. The Bertz CT molecular complexity index is 3620. The van der Waals surface area contributed by atoms with Crippen LogP contribution in [0.1, 0.15) is 0 Å². The zero-order chi connectivity index (χ0) is 37.9. The molecule has 4 heterocycles. The molecule has 0 amide bonds. The van der Waals surface area contributed by atoms with E-state index in [1.165, 1.54) is 71.0 Å². The second-order valence-corrected chi connectivity index (χ2v) is 15.3. The standard InChI is InChI=1S/C54H33N3O/c1-5-21-46-40(16-1)41-17-2-6-22-47(41)56(46)39-27-28-50-45(33-39)43-19-4-7-23-48(43)55(50)38-15-10-14-36(31-38)34-12-9-13-35(30-34)37-26-29-52-51(32-37)57-49-24-8-3-18-42(49)44-20-11-25-53(58-52)54(44)57/h1-33H. The Morgan fingerprint density at radius 1 is 0.276 bits per heavy atom. The molecule has 1 aliphatic rings. The zero-order valence-corrected chi connectivity index (χ0v) is 31.3. The third-order valence-electron chi connectivity index (χ3n) is 12.2. The molecule has 13 rings (SSSR count). The fourth-order valence-corrected chi connectivity index (χ4v) is 9.68. The molecule has 3 aromatic heterocycles. The van der Waals surface area contributed by atoms with E-state index in [1.807, 2.05) is 0 Å². The molecule has 0 N–H and O–H groups in total. The van der Waals surface area contributed by atoms with Gasteiger partial charge >= 0.3 is 0 Å². The van der Waals surface area contributed by atoms with Gasteiger partial charge in [-0.2, -0.15) is 0 Å². The van der Waals surface area contributed by atoms with Crippen molar-refractivity contribution in [1.29, 1.82) is 0 Å². The van der Waals surface area contributed by atoms with Gasteiger partial charge in [-0.25, -0.2) is 0 Å². The highest BCUT2D eigenvalue weighted by Crippen LogP contribution is 2.46. The third-order valence-corrected chi connectivity index (χ3v) is 12.2. The number of hydrogen-bond acceptors (Lipinski definition) is 1. The summed E-state index contributed by atoms with van der Waals surface area (Å²) in [5.41, 5.74) is 15.1. The predicted molar refractivity (Wildman–Crippen MR) is 240 cm³/mol. The van der Waals surface area contributed by atoms with Crippen LogP contribution in [-0.2, 0) is 0 Å². The quantitative estimate of drug-likeness (QED) is 0.176. The molecule has 4 nitrogen and oxygen atoms in total. The number of hydrogen-bond donors (Lipinski definition) is 0. The minimum Gasteiger partial charge on any atom is -0.453 e. The van der Waals surface area contributed by atoms with Gasteiger partial charge in [0, 0.05) is 43.7 Å². The van der Waals surface area contributed by atoms with E-state index in [2.05, 4.69) is 214 Å².